The SMILES string of the molecule is CCOc1cc(/C=C(/C#N)C(=O)Nc2ccc(OC)cc2)ccc1OCc1ccc2c(c1)OCO2. The van der Waals surface area contributed by atoms with Gasteiger partial charge in [0.15, 0.2) is 23.0 Å². The van der Waals surface area contributed by atoms with Crippen molar-refractivity contribution in [3.63, 3.8) is 0 Å². The molecule has 35 heavy (non-hydrogen) atoms. The number of anilines is 1. The van der Waals surface area contributed by atoms with Crippen LogP contribution < -0.4 is 29.0 Å². The molecule has 0 radical (unpaired) electrons. The smallest absolute Gasteiger partial charge is 0.266 e. The van der Waals surface area contributed by atoms with Crippen LogP contribution in [0.25, 0.3) is 6.08 Å². The Bertz CT molecular complexity index is 1280. The van der Waals surface area contributed by atoms with Crippen LogP contribution in [0.4, 0.5) is 5.69 Å². The van der Waals surface area contributed by atoms with Crippen molar-refractivity contribution in [1.82, 2.24) is 0 Å². The summed E-state index contributed by atoms with van der Waals surface area (Å²) in [4.78, 5) is 12.6. The molecule has 0 aromatic heterocycles. The third kappa shape index (κ3) is 5.84. The van der Waals surface area contributed by atoms with E-state index in [9.17, 15) is 10.1 Å². The molecule has 1 N–H and O–H groups in total. The molecule has 0 aliphatic carbocycles. The molecule has 0 saturated heterocycles. The highest BCUT2D eigenvalue weighted by molar-refractivity contribution is 6.09. The van der Waals surface area contributed by atoms with Gasteiger partial charge in [0.1, 0.15) is 24.0 Å². The van der Waals surface area contributed by atoms with Gasteiger partial charge in [-0.2, -0.15) is 5.26 Å². The molecule has 0 saturated carbocycles. The second-order valence-electron chi connectivity index (χ2n) is 7.47. The van der Waals surface area contributed by atoms with E-state index in [0.29, 0.717) is 53.2 Å². The van der Waals surface area contributed by atoms with E-state index in [1.165, 1.54) is 6.08 Å². The fourth-order valence-electron chi connectivity index (χ4n) is 3.38. The van der Waals surface area contributed by atoms with E-state index in [2.05, 4.69) is 5.32 Å². The van der Waals surface area contributed by atoms with Crippen molar-refractivity contribution in [2.24, 2.45) is 0 Å². The molecule has 8 heteroatoms. The van der Waals surface area contributed by atoms with Crippen LogP contribution in [0.2, 0.25) is 0 Å². The number of carbonyl (C=O) groups is 1. The Kier molecular flexibility index (Phi) is 7.38. The summed E-state index contributed by atoms with van der Waals surface area (Å²) < 4.78 is 27.6. The first kappa shape index (κ1) is 23.5. The van der Waals surface area contributed by atoms with E-state index >= 15 is 0 Å². The summed E-state index contributed by atoms with van der Waals surface area (Å²) in [7, 11) is 1.56. The molecule has 8 nitrogen and oxygen atoms in total. The molecule has 1 heterocycles. The van der Waals surface area contributed by atoms with Crippen LogP contribution >= 0.6 is 0 Å². The maximum absolute atomic E-state index is 12.6. The summed E-state index contributed by atoms with van der Waals surface area (Å²) in [6.07, 6.45) is 1.50. The highest BCUT2D eigenvalue weighted by atomic mass is 16.7. The maximum atomic E-state index is 12.6. The Morgan fingerprint density at radius 2 is 1.83 bits per heavy atom. The van der Waals surface area contributed by atoms with Gasteiger partial charge in [-0.3, -0.25) is 4.79 Å². The quantitative estimate of drug-likeness (QED) is 0.348. The Labute approximate surface area is 203 Å². The molecule has 4 rings (SSSR count). The van der Waals surface area contributed by atoms with Crippen molar-refractivity contribution in [3.05, 3.63) is 77.4 Å². The van der Waals surface area contributed by atoms with Gasteiger partial charge >= 0.3 is 0 Å². The van der Waals surface area contributed by atoms with E-state index in [4.69, 9.17) is 23.7 Å². The summed E-state index contributed by atoms with van der Waals surface area (Å²) in [5, 5.41) is 12.3. The van der Waals surface area contributed by atoms with Gasteiger partial charge < -0.3 is 29.0 Å². The first-order valence-electron chi connectivity index (χ1n) is 10.9. The van der Waals surface area contributed by atoms with Gasteiger partial charge in [-0.15, -0.1) is 0 Å². The molecule has 3 aromatic rings. The van der Waals surface area contributed by atoms with Crippen LogP contribution in [0, 0.1) is 11.3 Å². The van der Waals surface area contributed by atoms with Crippen molar-refractivity contribution in [2.45, 2.75) is 13.5 Å². The minimum atomic E-state index is -0.515. The van der Waals surface area contributed by atoms with Crippen molar-refractivity contribution in [1.29, 1.82) is 5.26 Å². The molecular formula is C27H24N2O6. The predicted octanol–water partition coefficient (Wildman–Crippen LogP) is 4.95. The third-order valence-electron chi connectivity index (χ3n) is 5.12. The van der Waals surface area contributed by atoms with Gasteiger partial charge in [0.05, 0.1) is 13.7 Å². The summed E-state index contributed by atoms with van der Waals surface area (Å²) in [6, 6.07) is 19.7. The number of rotatable bonds is 9. The van der Waals surface area contributed by atoms with E-state index in [1.807, 2.05) is 31.2 Å². The van der Waals surface area contributed by atoms with Crippen LogP contribution in [0.3, 0.4) is 0 Å². The Balaban J connectivity index is 1.47. The van der Waals surface area contributed by atoms with Crippen LogP contribution in [0.5, 0.6) is 28.7 Å². The fourth-order valence-corrected chi connectivity index (χ4v) is 3.38. The molecule has 0 unspecified atom stereocenters. The first-order valence-corrected chi connectivity index (χ1v) is 10.9. The highest BCUT2D eigenvalue weighted by Crippen LogP contribution is 2.34. The number of nitrogens with zero attached hydrogens (tertiary/aromatic N) is 1. The van der Waals surface area contributed by atoms with Crippen LogP contribution in [-0.2, 0) is 11.4 Å². The standard InChI is InChI=1S/C27H24N2O6/c1-3-32-25-13-18(12-20(15-28)27(30)29-21-6-8-22(31-2)9-7-21)4-10-23(25)33-16-19-5-11-24-26(14-19)35-17-34-24/h4-14H,3,16-17H2,1-2H3,(H,29,30)/b20-12-. The number of nitriles is 1. The minimum Gasteiger partial charge on any atom is -0.497 e. The Hall–Kier alpha value is -4.64. The lowest BCUT2D eigenvalue weighted by Gasteiger charge is -2.13. The normalized spacial score (nSPS) is 12.0. The van der Waals surface area contributed by atoms with Gasteiger partial charge in [0.25, 0.3) is 5.91 Å². The summed E-state index contributed by atoms with van der Waals surface area (Å²) in [6.45, 7) is 2.81. The number of methoxy groups -OCH3 is 1. The highest BCUT2D eigenvalue weighted by Gasteiger charge is 2.15. The average Bonchev–Trinajstić information content (AvgIpc) is 3.35. The van der Waals surface area contributed by atoms with E-state index in [0.717, 1.165) is 5.56 Å². The lowest BCUT2D eigenvalue weighted by Crippen LogP contribution is -2.13. The number of nitrogens with one attached hydrogen (secondary N) is 1. The lowest BCUT2D eigenvalue weighted by molar-refractivity contribution is -0.112. The lowest BCUT2D eigenvalue weighted by atomic mass is 10.1. The van der Waals surface area contributed by atoms with Crippen LogP contribution in [-0.4, -0.2) is 26.4 Å². The van der Waals surface area contributed by atoms with Crippen molar-refractivity contribution < 1.29 is 28.5 Å². The number of amides is 1. The van der Waals surface area contributed by atoms with Crippen LogP contribution in [0.1, 0.15) is 18.1 Å². The van der Waals surface area contributed by atoms with Crippen molar-refractivity contribution in [3.8, 4) is 34.8 Å². The molecule has 0 bridgehead atoms. The monoisotopic (exact) mass is 472 g/mol. The number of fused-ring (bicyclic) bond motifs is 1. The Morgan fingerprint density at radius 1 is 1.03 bits per heavy atom. The number of hydrogen-bond acceptors (Lipinski definition) is 7. The predicted molar refractivity (Wildman–Crippen MR) is 130 cm³/mol. The van der Waals surface area contributed by atoms with Gasteiger partial charge in [-0.1, -0.05) is 12.1 Å². The summed E-state index contributed by atoms with van der Waals surface area (Å²) in [5.41, 5.74) is 2.06. The molecule has 0 atom stereocenters. The number of ether oxygens (including phenoxy) is 5. The Morgan fingerprint density at radius 3 is 2.57 bits per heavy atom. The van der Waals surface area contributed by atoms with Crippen LogP contribution in [0.15, 0.2) is 66.2 Å². The average molecular weight is 472 g/mol. The van der Waals surface area contributed by atoms with Gasteiger partial charge in [-0.05, 0) is 72.7 Å². The zero-order valence-electron chi connectivity index (χ0n) is 19.4. The second kappa shape index (κ2) is 11.0. The molecule has 178 valence electrons. The van der Waals surface area contributed by atoms with Gasteiger partial charge in [-0.25, -0.2) is 0 Å². The molecular weight excluding hydrogens is 448 g/mol. The molecule has 1 amide bonds. The summed E-state index contributed by atoms with van der Waals surface area (Å²) >= 11 is 0. The maximum Gasteiger partial charge on any atom is 0.266 e. The van der Waals surface area contributed by atoms with E-state index < -0.39 is 5.91 Å². The van der Waals surface area contributed by atoms with Crippen molar-refractivity contribution in [2.75, 3.05) is 25.8 Å². The largest absolute Gasteiger partial charge is 0.497 e. The first-order chi connectivity index (χ1) is 17.1. The molecule has 0 spiro atoms. The van der Waals surface area contributed by atoms with Crippen molar-refractivity contribution >= 4 is 17.7 Å². The van der Waals surface area contributed by atoms with E-state index in [1.54, 1.807) is 49.6 Å². The molecule has 1 aliphatic rings. The topological polar surface area (TPSA) is 99.0 Å². The fraction of sp³-hybridized carbons (Fsp3) is 0.185. The molecule has 3 aromatic carbocycles. The molecule has 1 aliphatic heterocycles. The van der Waals surface area contributed by atoms with Gasteiger partial charge in [0.2, 0.25) is 6.79 Å². The van der Waals surface area contributed by atoms with Gasteiger partial charge in [0, 0.05) is 5.69 Å². The molecule has 0 fully saturated rings. The van der Waals surface area contributed by atoms with E-state index in [-0.39, 0.29) is 12.4 Å². The minimum absolute atomic E-state index is 0.0442. The zero-order chi connectivity index (χ0) is 24.6. The second-order valence-corrected chi connectivity index (χ2v) is 7.47. The number of hydrogen-bond donors (Lipinski definition) is 1. The number of carbonyl (C=O) groups excluding carboxylic acids is 1. The summed E-state index contributed by atoms with van der Waals surface area (Å²) in [5.74, 6) is 2.61. The third-order valence-corrected chi connectivity index (χ3v) is 5.12. The zero-order valence-corrected chi connectivity index (χ0v) is 19.4. The number of benzene rings is 3.